The molecule has 0 atom stereocenters. The van der Waals surface area contributed by atoms with Crippen LogP contribution in [0.15, 0.2) is 22.7 Å². The van der Waals surface area contributed by atoms with Gasteiger partial charge in [0.25, 0.3) is 0 Å². The molecule has 0 radical (unpaired) electrons. The van der Waals surface area contributed by atoms with Gasteiger partial charge in [-0.2, -0.15) is 0 Å². The van der Waals surface area contributed by atoms with E-state index in [2.05, 4.69) is 14.2 Å². The fourth-order valence-corrected chi connectivity index (χ4v) is 1.68. The number of rotatable bonds is 3. The molecule has 0 aromatic rings. The highest BCUT2D eigenvalue weighted by Gasteiger charge is 2.47. The summed E-state index contributed by atoms with van der Waals surface area (Å²) in [4.78, 5) is 34.7. The van der Waals surface area contributed by atoms with Gasteiger partial charge in [-0.1, -0.05) is 0 Å². The standard InChI is InChI=1S/C11H12O8/c1-17-9(14)4-5(10(15)18-2)7(12)8(13)6(4)11(16)19-3/h4,12-13H,1-3H3. The van der Waals surface area contributed by atoms with Crippen molar-refractivity contribution >= 4 is 17.9 Å². The molecule has 0 saturated heterocycles. The van der Waals surface area contributed by atoms with Crippen molar-refractivity contribution in [3.05, 3.63) is 22.7 Å². The Labute approximate surface area is 107 Å². The van der Waals surface area contributed by atoms with E-state index < -0.39 is 46.5 Å². The molecule has 19 heavy (non-hydrogen) atoms. The SMILES string of the molecule is COC(=O)C1=C(O)C(O)=C(C(=O)OC)C1C(=O)OC. The molecule has 0 bridgehead atoms. The van der Waals surface area contributed by atoms with Crippen LogP contribution in [-0.2, 0) is 28.6 Å². The zero-order chi connectivity index (χ0) is 14.7. The van der Waals surface area contributed by atoms with Gasteiger partial charge in [-0.3, -0.25) is 4.79 Å². The van der Waals surface area contributed by atoms with Gasteiger partial charge in [0.05, 0.1) is 21.3 Å². The number of hydrogen-bond donors (Lipinski definition) is 2. The number of aliphatic hydroxyl groups excluding tert-OH is 2. The first kappa shape index (κ1) is 14.6. The Morgan fingerprint density at radius 1 is 0.842 bits per heavy atom. The first-order chi connectivity index (χ1) is 8.90. The summed E-state index contributed by atoms with van der Waals surface area (Å²) in [6.45, 7) is 0. The smallest absolute Gasteiger partial charge is 0.338 e. The second-order valence-corrected chi connectivity index (χ2v) is 3.46. The van der Waals surface area contributed by atoms with Gasteiger partial charge < -0.3 is 24.4 Å². The van der Waals surface area contributed by atoms with Gasteiger partial charge >= 0.3 is 17.9 Å². The molecule has 0 spiro atoms. The molecule has 1 rings (SSSR count). The summed E-state index contributed by atoms with van der Waals surface area (Å²) in [5.74, 6) is -6.58. The third-order valence-corrected chi connectivity index (χ3v) is 2.56. The van der Waals surface area contributed by atoms with E-state index in [-0.39, 0.29) is 0 Å². The Morgan fingerprint density at radius 3 is 1.47 bits per heavy atom. The molecule has 2 N–H and O–H groups in total. The Hall–Kier alpha value is -2.51. The Balaban J connectivity index is 3.41. The highest BCUT2D eigenvalue weighted by atomic mass is 16.5. The summed E-state index contributed by atoms with van der Waals surface area (Å²) in [5.41, 5.74) is -1.15. The molecule has 8 nitrogen and oxygen atoms in total. The monoisotopic (exact) mass is 272 g/mol. The first-order valence-corrected chi connectivity index (χ1v) is 5.01. The zero-order valence-corrected chi connectivity index (χ0v) is 10.4. The fourth-order valence-electron chi connectivity index (χ4n) is 1.68. The predicted octanol–water partition coefficient (Wildman–Crippen LogP) is -0.241. The van der Waals surface area contributed by atoms with Gasteiger partial charge in [0.1, 0.15) is 17.1 Å². The number of ether oxygens (including phenoxy) is 3. The molecule has 1 aliphatic rings. The summed E-state index contributed by atoms with van der Waals surface area (Å²) >= 11 is 0. The molecular weight excluding hydrogens is 260 g/mol. The van der Waals surface area contributed by atoms with Crippen molar-refractivity contribution in [2.75, 3.05) is 21.3 Å². The van der Waals surface area contributed by atoms with Crippen LogP contribution in [0, 0.1) is 5.92 Å². The van der Waals surface area contributed by atoms with Crippen LogP contribution in [0.3, 0.4) is 0 Å². The minimum Gasteiger partial charge on any atom is -0.504 e. The van der Waals surface area contributed by atoms with E-state index >= 15 is 0 Å². The third-order valence-electron chi connectivity index (χ3n) is 2.56. The van der Waals surface area contributed by atoms with E-state index in [9.17, 15) is 24.6 Å². The second-order valence-electron chi connectivity index (χ2n) is 3.46. The number of hydrogen-bond acceptors (Lipinski definition) is 8. The van der Waals surface area contributed by atoms with Gasteiger partial charge in [0.15, 0.2) is 11.5 Å². The fraction of sp³-hybridized carbons (Fsp3) is 0.364. The summed E-state index contributed by atoms with van der Waals surface area (Å²) < 4.78 is 13.2. The minimum absolute atomic E-state index is 0.577. The zero-order valence-electron chi connectivity index (χ0n) is 10.4. The molecule has 0 aromatic heterocycles. The Bertz CT molecular complexity index is 461. The maximum absolute atomic E-state index is 11.6. The van der Waals surface area contributed by atoms with Crippen molar-refractivity contribution in [2.45, 2.75) is 0 Å². The molecule has 0 unspecified atom stereocenters. The molecule has 0 heterocycles. The Morgan fingerprint density at radius 2 is 1.21 bits per heavy atom. The van der Waals surface area contributed by atoms with Crippen molar-refractivity contribution in [2.24, 2.45) is 5.92 Å². The number of aliphatic hydroxyl groups is 2. The second kappa shape index (κ2) is 5.42. The van der Waals surface area contributed by atoms with Crippen LogP contribution in [0.2, 0.25) is 0 Å². The van der Waals surface area contributed by atoms with E-state index in [4.69, 9.17) is 0 Å². The lowest BCUT2D eigenvalue weighted by molar-refractivity contribution is -0.148. The van der Waals surface area contributed by atoms with Gasteiger partial charge in [0, 0.05) is 0 Å². The van der Waals surface area contributed by atoms with Crippen LogP contribution in [0.25, 0.3) is 0 Å². The number of carbonyl (C=O) groups excluding carboxylic acids is 3. The maximum Gasteiger partial charge on any atom is 0.338 e. The van der Waals surface area contributed by atoms with Crippen LogP contribution in [0.4, 0.5) is 0 Å². The van der Waals surface area contributed by atoms with Gasteiger partial charge in [-0.25, -0.2) is 9.59 Å². The van der Waals surface area contributed by atoms with Gasteiger partial charge in [0.2, 0.25) is 0 Å². The highest BCUT2D eigenvalue weighted by molar-refractivity contribution is 6.07. The minimum atomic E-state index is -1.59. The molecule has 1 aliphatic carbocycles. The van der Waals surface area contributed by atoms with Gasteiger partial charge in [-0.15, -0.1) is 0 Å². The molecule has 0 amide bonds. The molecule has 0 fully saturated rings. The van der Waals surface area contributed by atoms with Crippen LogP contribution in [0.1, 0.15) is 0 Å². The van der Waals surface area contributed by atoms with E-state index in [0.29, 0.717) is 0 Å². The van der Waals surface area contributed by atoms with Gasteiger partial charge in [-0.05, 0) is 0 Å². The topological polar surface area (TPSA) is 119 Å². The summed E-state index contributed by atoms with van der Waals surface area (Å²) in [7, 11) is 3.06. The number of carbonyl (C=O) groups is 3. The molecule has 0 saturated carbocycles. The van der Waals surface area contributed by atoms with E-state index in [1.165, 1.54) is 0 Å². The quantitative estimate of drug-likeness (QED) is 0.533. The lowest BCUT2D eigenvalue weighted by Gasteiger charge is -2.13. The van der Waals surface area contributed by atoms with Crippen molar-refractivity contribution in [3.63, 3.8) is 0 Å². The average molecular weight is 272 g/mol. The molecule has 104 valence electrons. The molecule has 0 aromatic carbocycles. The molecular formula is C11H12O8. The van der Waals surface area contributed by atoms with Crippen molar-refractivity contribution in [1.82, 2.24) is 0 Å². The largest absolute Gasteiger partial charge is 0.504 e. The van der Waals surface area contributed by atoms with E-state index in [1.54, 1.807) is 0 Å². The summed E-state index contributed by atoms with van der Waals surface area (Å²) in [5, 5.41) is 19.3. The summed E-state index contributed by atoms with van der Waals surface area (Å²) in [6, 6.07) is 0. The van der Waals surface area contributed by atoms with Crippen molar-refractivity contribution in [3.8, 4) is 0 Å². The van der Waals surface area contributed by atoms with Crippen LogP contribution in [-0.4, -0.2) is 49.5 Å². The molecule has 0 aliphatic heterocycles. The predicted molar refractivity (Wildman–Crippen MR) is 58.8 cm³/mol. The number of methoxy groups -OCH3 is 3. The summed E-state index contributed by atoms with van der Waals surface area (Å²) in [6.07, 6.45) is 0. The average Bonchev–Trinajstić information content (AvgIpc) is 2.69. The third kappa shape index (κ3) is 2.24. The van der Waals surface area contributed by atoms with E-state index in [1.807, 2.05) is 0 Å². The normalized spacial score (nSPS) is 15.5. The molecule has 8 heteroatoms. The number of esters is 3. The van der Waals surface area contributed by atoms with Crippen molar-refractivity contribution in [1.29, 1.82) is 0 Å². The Kier molecular flexibility index (Phi) is 4.15. The first-order valence-electron chi connectivity index (χ1n) is 5.01. The maximum atomic E-state index is 11.6. The lowest BCUT2D eigenvalue weighted by atomic mass is 9.95. The van der Waals surface area contributed by atoms with Crippen LogP contribution < -0.4 is 0 Å². The lowest BCUT2D eigenvalue weighted by Crippen LogP contribution is -2.27. The highest BCUT2D eigenvalue weighted by Crippen LogP contribution is 2.37. The van der Waals surface area contributed by atoms with Crippen molar-refractivity contribution < 1.29 is 38.8 Å². The van der Waals surface area contributed by atoms with Crippen LogP contribution >= 0.6 is 0 Å². The van der Waals surface area contributed by atoms with E-state index in [0.717, 1.165) is 21.3 Å². The van der Waals surface area contributed by atoms with Crippen LogP contribution in [0.5, 0.6) is 0 Å².